The Morgan fingerprint density at radius 2 is 2.31 bits per heavy atom. The van der Waals surface area contributed by atoms with Gasteiger partial charge in [-0.2, -0.15) is 0 Å². The van der Waals surface area contributed by atoms with Gasteiger partial charge in [0.15, 0.2) is 0 Å². The van der Waals surface area contributed by atoms with Crippen LogP contribution in [0.15, 0.2) is 18.2 Å². The van der Waals surface area contributed by atoms with Gasteiger partial charge >= 0.3 is 5.97 Å². The van der Waals surface area contributed by atoms with Crippen molar-refractivity contribution in [2.24, 2.45) is 0 Å². The van der Waals surface area contributed by atoms with Crippen LogP contribution in [-0.2, 0) is 4.74 Å². The van der Waals surface area contributed by atoms with Gasteiger partial charge in [0.25, 0.3) is 0 Å². The molecule has 0 radical (unpaired) electrons. The average Bonchev–Trinajstić information content (AvgIpc) is 2.91. The van der Waals surface area contributed by atoms with Gasteiger partial charge < -0.3 is 4.74 Å². The predicted molar refractivity (Wildman–Crippen MR) is 48.8 cm³/mol. The lowest BCUT2D eigenvalue weighted by Gasteiger charge is -2.00. The minimum Gasteiger partial charge on any atom is -0.462 e. The number of ether oxygens (including phenoxy) is 1. The largest absolute Gasteiger partial charge is 0.462 e. The molecule has 1 aliphatic rings. The van der Waals surface area contributed by atoms with E-state index in [1.54, 1.807) is 6.07 Å². The van der Waals surface area contributed by atoms with E-state index in [9.17, 15) is 4.79 Å². The first kappa shape index (κ1) is 8.09. The lowest BCUT2D eigenvalue weighted by molar-refractivity contribution is 0.0505. The van der Waals surface area contributed by atoms with Crippen molar-refractivity contribution in [3.63, 3.8) is 0 Å². The molecule has 0 aliphatic heterocycles. The SMILES string of the molecule is CCCOC(=O)c1ccc2c(c1)=C=2. The molecule has 0 aromatic heterocycles. The molecule has 0 saturated heterocycles. The summed E-state index contributed by atoms with van der Waals surface area (Å²) in [6.07, 6.45) is 0.856. The quantitative estimate of drug-likeness (QED) is 0.626. The van der Waals surface area contributed by atoms with Crippen LogP contribution in [-0.4, -0.2) is 12.6 Å². The first-order chi connectivity index (χ1) is 6.31. The number of hydrogen-bond donors (Lipinski definition) is 0. The van der Waals surface area contributed by atoms with Crippen molar-refractivity contribution < 1.29 is 9.53 Å². The highest BCUT2D eigenvalue weighted by molar-refractivity contribution is 5.89. The van der Waals surface area contributed by atoms with E-state index in [2.05, 4.69) is 5.73 Å². The van der Waals surface area contributed by atoms with Crippen LogP contribution in [0.25, 0.3) is 5.73 Å². The van der Waals surface area contributed by atoms with Crippen LogP contribution in [0, 0.1) is 0 Å². The van der Waals surface area contributed by atoms with Crippen molar-refractivity contribution in [3.05, 3.63) is 34.2 Å². The van der Waals surface area contributed by atoms with E-state index in [0.717, 1.165) is 16.9 Å². The van der Waals surface area contributed by atoms with E-state index in [1.165, 1.54) is 0 Å². The van der Waals surface area contributed by atoms with Gasteiger partial charge in [0.2, 0.25) is 0 Å². The average molecular weight is 174 g/mol. The van der Waals surface area contributed by atoms with E-state index in [0.29, 0.717) is 12.2 Å². The van der Waals surface area contributed by atoms with Crippen molar-refractivity contribution >= 4 is 11.7 Å². The molecule has 0 saturated carbocycles. The zero-order valence-corrected chi connectivity index (χ0v) is 7.46. The van der Waals surface area contributed by atoms with Gasteiger partial charge in [-0.25, -0.2) is 4.79 Å². The molecule has 0 bridgehead atoms. The van der Waals surface area contributed by atoms with Crippen molar-refractivity contribution in [2.75, 3.05) is 6.61 Å². The summed E-state index contributed by atoms with van der Waals surface area (Å²) < 4.78 is 4.99. The normalized spacial score (nSPS) is 10.8. The van der Waals surface area contributed by atoms with Crippen LogP contribution in [0.5, 0.6) is 0 Å². The summed E-state index contributed by atoms with van der Waals surface area (Å²) in [6.45, 7) is 2.46. The second-order valence-electron chi connectivity index (χ2n) is 3.02. The van der Waals surface area contributed by atoms with Crippen LogP contribution in [0.2, 0.25) is 0 Å². The van der Waals surface area contributed by atoms with E-state index < -0.39 is 0 Å². The second kappa shape index (κ2) is 3.08. The lowest BCUT2D eigenvalue weighted by atomic mass is 10.2. The molecular formula is C11H10O2. The van der Waals surface area contributed by atoms with Crippen LogP contribution >= 0.6 is 0 Å². The molecule has 2 heteroatoms. The molecular weight excluding hydrogens is 164 g/mol. The Morgan fingerprint density at radius 3 is 3.00 bits per heavy atom. The minimum absolute atomic E-state index is 0.238. The summed E-state index contributed by atoms with van der Waals surface area (Å²) in [7, 11) is 0. The highest BCUT2D eigenvalue weighted by Gasteiger charge is 2.07. The fourth-order valence-electron chi connectivity index (χ4n) is 1.14. The van der Waals surface area contributed by atoms with Gasteiger partial charge in [0.1, 0.15) is 0 Å². The van der Waals surface area contributed by atoms with E-state index in [4.69, 9.17) is 4.74 Å². The first-order valence-corrected chi connectivity index (χ1v) is 4.39. The van der Waals surface area contributed by atoms with Gasteiger partial charge in [-0.05, 0) is 24.6 Å². The van der Waals surface area contributed by atoms with Gasteiger partial charge in [0.05, 0.1) is 12.2 Å². The number of hydrogen-bond acceptors (Lipinski definition) is 2. The smallest absolute Gasteiger partial charge is 0.338 e. The highest BCUT2D eigenvalue weighted by Crippen LogP contribution is 1.97. The Morgan fingerprint density at radius 1 is 1.46 bits per heavy atom. The van der Waals surface area contributed by atoms with Gasteiger partial charge in [-0.1, -0.05) is 6.92 Å². The van der Waals surface area contributed by atoms with Gasteiger partial charge in [-0.3, -0.25) is 0 Å². The molecule has 0 N–H and O–H groups in total. The zero-order valence-electron chi connectivity index (χ0n) is 7.46. The van der Waals surface area contributed by atoms with E-state index in [-0.39, 0.29) is 5.97 Å². The Kier molecular flexibility index (Phi) is 1.91. The monoisotopic (exact) mass is 174 g/mol. The van der Waals surface area contributed by atoms with Crippen LogP contribution in [0.3, 0.4) is 0 Å². The summed E-state index contributed by atoms with van der Waals surface area (Å²) in [5.74, 6) is -0.238. The van der Waals surface area contributed by atoms with Gasteiger partial charge in [0, 0.05) is 10.4 Å². The molecule has 1 aromatic carbocycles. The minimum atomic E-state index is -0.238. The molecule has 0 atom stereocenters. The van der Waals surface area contributed by atoms with Crippen molar-refractivity contribution in [2.45, 2.75) is 13.3 Å². The van der Waals surface area contributed by atoms with E-state index in [1.807, 2.05) is 19.1 Å². The van der Waals surface area contributed by atoms with Crippen molar-refractivity contribution in [1.29, 1.82) is 0 Å². The van der Waals surface area contributed by atoms with Crippen LogP contribution in [0.1, 0.15) is 23.7 Å². The van der Waals surface area contributed by atoms with Crippen molar-refractivity contribution in [1.82, 2.24) is 0 Å². The predicted octanol–water partition coefficient (Wildman–Crippen LogP) is 0.318. The number of esters is 1. The number of rotatable bonds is 3. The zero-order chi connectivity index (χ0) is 9.26. The topological polar surface area (TPSA) is 26.3 Å². The molecule has 0 unspecified atom stereocenters. The number of fused-ring (bicyclic) bond motifs is 1. The summed E-state index contributed by atoms with van der Waals surface area (Å²) in [4.78, 5) is 11.3. The van der Waals surface area contributed by atoms with Crippen LogP contribution in [0.4, 0.5) is 0 Å². The summed E-state index contributed by atoms with van der Waals surface area (Å²) in [5, 5.41) is 2.14. The maximum atomic E-state index is 11.3. The number of carbonyl (C=O) groups excluding carboxylic acids is 1. The standard InChI is InChI=1S/C11H10O2/c1-2-5-13-11(12)9-4-3-8-6-10(8)7-9/h3-4,7H,2,5H2,1H3. The second-order valence-corrected chi connectivity index (χ2v) is 3.02. The van der Waals surface area contributed by atoms with Crippen LogP contribution < -0.4 is 10.4 Å². The summed E-state index contributed by atoms with van der Waals surface area (Å²) in [6, 6.07) is 5.47. The fourth-order valence-corrected chi connectivity index (χ4v) is 1.14. The third-order valence-electron chi connectivity index (χ3n) is 1.90. The Hall–Kier alpha value is -1.53. The maximum absolute atomic E-state index is 11.3. The van der Waals surface area contributed by atoms with E-state index >= 15 is 0 Å². The molecule has 66 valence electrons. The molecule has 2 rings (SSSR count). The molecule has 1 aromatic rings. The molecule has 0 heterocycles. The Labute approximate surface area is 76.1 Å². The molecule has 13 heavy (non-hydrogen) atoms. The Bertz CT molecular complexity index is 467. The maximum Gasteiger partial charge on any atom is 0.338 e. The lowest BCUT2D eigenvalue weighted by Crippen LogP contribution is -2.12. The number of carbonyl (C=O) groups is 1. The number of benzene rings is 1. The van der Waals surface area contributed by atoms with Gasteiger partial charge in [-0.15, -0.1) is 5.73 Å². The third kappa shape index (κ3) is 1.63. The van der Waals surface area contributed by atoms with Crippen molar-refractivity contribution in [3.8, 4) is 0 Å². The molecule has 0 amide bonds. The summed E-state index contributed by atoms with van der Waals surface area (Å²) in [5.41, 5.74) is 3.66. The highest BCUT2D eigenvalue weighted by atomic mass is 16.5. The Balaban J connectivity index is 2.10. The molecule has 2 nitrogen and oxygen atoms in total. The first-order valence-electron chi connectivity index (χ1n) is 4.39. The molecule has 0 fully saturated rings. The molecule has 1 aliphatic carbocycles. The molecule has 0 spiro atoms. The third-order valence-corrected chi connectivity index (χ3v) is 1.90. The fraction of sp³-hybridized carbons (Fsp3) is 0.273. The summed E-state index contributed by atoms with van der Waals surface area (Å²) >= 11 is 0.